The van der Waals surface area contributed by atoms with Crippen LogP contribution in [0.2, 0.25) is 0 Å². The number of aliphatic hydroxyl groups is 2. The second-order valence-corrected chi connectivity index (χ2v) is 3.92. The third-order valence-electron chi connectivity index (χ3n) is 1.81. The van der Waals surface area contributed by atoms with Gasteiger partial charge in [-0.3, -0.25) is 4.79 Å². The maximum Gasteiger partial charge on any atom is 0.302 e. The molecule has 0 aliphatic heterocycles. The molecule has 0 aromatic carbocycles. The van der Waals surface area contributed by atoms with Crippen molar-refractivity contribution in [1.29, 1.82) is 0 Å². The lowest BCUT2D eigenvalue weighted by atomic mass is 10.4. The largest absolute Gasteiger partial charge is 0.466 e. The zero-order valence-electron chi connectivity index (χ0n) is 15.0. The number of carbonyl (C=O) groups is 1. The predicted molar refractivity (Wildman–Crippen MR) is 88.5 cm³/mol. The lowest BCUT2D eigenvalue weighted by Gasteiger charge is -1.96. The van der Waals surface area contributed by atoms with E-state index in [1.54, 1.807) is 0 Å². The molecule has 132 valence electrons. The third kappa shape index (κ3) is 83.5. The van der Waals surface area contributed by atoms with Crippen LogP contribution in [0.1, 0.15) is 67.2 Å². The van der Waals surface area contributed by atoms with Gasteiger partial charge in [-0.1, -0.05) is 40.0 Å². The van der Waals surface area contributed by atoms with Gasteiger partial charge in [0, 0.05) is 20.1 Å². The van der Waals surface area contributed by atoms with E-state index in [0.717, 1.165) is 26.1 Å². The zero-order chi connectivity index (χ0) is 17.4. The molecule has 0 bridgehead atoms. The Morgan fingerprint density at radius 1 is 0.857 bits per heavy atom. The summed E-state index contributed by atoms with van der Waals surface area (Å²) in [5.74, 6) is -0.182. The Labute approximate surface area is 131 Å². The van der Waals surface area contributed by atoms with Crippen LogP contribution in [0.5, 0.6) is 0 Å². The molecule has 0 heterocycles. The minimum Gasteiger partial charge on any atom is -0.466 e. The van der Waals surface area contributed by atoms with Crippen LogP contribution < -0.4 is 0 Å². The summed E-state index contributed by atoms with van der Waals surface area (Å²) in [6, 6.07) is 0. The first-order valence-electron chi connectivity index (χ1n) is 7.94. The van der Waals surface area contributed by atoms with Gasteiger partial charge in [-0.15, -0.1) is 0 Å². The van der Waals surface area contributed by atoms with Gasteiger partial charge in [0.05, 0.1) is 19.8 Å². The Balaban J connectivity index is -0.0000000970. The molecule has 0 unspecified atom stereocenters. The standard InChI is InChI=1S/C6H12O2.C4H10O.C4H10.C2H6O2/c1-3-4-5-8-6(2)7;1-3-5-4-2;1-3-4-2;3-1-2-4/h3-5H2,1-2H3;3-4H2,1-2H3;3-4H2,1-2H3;3-4H,1-2H2. The summed E-state index contributed by atoms with van der Waals surface area (Å²) in [5, 5.41) is 15.2. The minimum atomic E-state index is -0.182. The van der Waals surface area contributed by atoms with E-state index in [1.165, 1.54) is 19.8 Å². The van der Waals surface area contributed by atoms with Gasteiger partial charge in [-0.2, -0.15) is 0 Å². The van der Waals surface area contributed by atoms with E-state index in [4.69, 9.17) is 14.9 Å². The number of esters is 1. The average molecular weight is 310 g/mol. The SMILES string of the molecule is CCCC.CCCCOC(C)=O.CCOCC.OCCO. The summed E-state index contributed by atoms with van der Waals surface area (Å²) in [6.45, 7) is 13.8. The smallest absolute Gasteiger partial charge is 0.302 e. The van der Waals surface area contributed by atoms with Crippen LogP contribution in [0.4, 0.5) is 0 Å². The van der Waals surface area contributed by atoms with Crippen molar-refractivity contribution in [2.75, 3.05) is 33.0 Å². The molecule has 0 spiro atoms. The quantitative estimate of drug-likeness (QED) is 0.558. The molecule has 0 radical (unpaired) electrons. The molecule has 0 saturated heterocycles. The molecule has 2 N–H and O–H groups in total. The van der Waals surface area contributed by atoms with Crippen LogP contribution in [-0.4, -0.2) is 49.2 Å². The number of hydrogen-bond donors (Lipinski definition) is 2. The van der Waals surface area contributed by atoms with Crippen LogP contribution in [0.25, 0.3) is 0 Å². The Kier molecular flexibility index (Phi) is 49.6. The van der Waals surface area contributed by atoms with Gasteiger partial charge in [0.25, 0.3) is 0 Å². The van der Waals surface area contributed by atoms with Crippen LogP contribution in [0.3, 0.4) is 0 Å². The first-order chi connectivity index (χ1) is 10.0. The van der Waals surface area contributed by atoms with Crippen molar-refractivity contribution >= 4 is 5.97 Å². The molecule has 0 amide bonds. The maximum absolute atomic E-state index is 10.1. The van der Waals surface area contributed by atoms with E-state index in [1.807, 2.05) is 13.8 Å². The zero-order valence-corrected chi connectivity index (χ0v) is 15.0. The van der Waals surface area contributed by atoms with Crippen molar-refractivity contribution in [2.24, 2.45) is 0 Å². The summed E-state index contributed by atoms with van der Waals surface area (Å²) in [4.78, 5) is 10.1. The van der Waals surface area contributed by atoms with Gasteiger partial charge in [0.15, 0.2) is 0 Å². The maximum atomic E-state index is 10.1. The lowest BCUT2D eigenvalue weighted by molar-refractivity contribution is -0.141. The fourth-order valence-electron chi connectivity index (χ4n) is 0.564. The van der Waals surface area contributed by atoms with E-state index in [9.17, 15) is 4.79 Å². The van der Waals surface area contributed by atoms with Crippen molar-refractivity contribution in [3.05, 3.63) is 0 Å². The summed E-state index contributed by atoms with van der Waals surface area (Å²) >= 11 is 0. The number of rotatable bonds is 7. The van der Waals surface area contributed by atoms with Crippen LogP contribution in [-0.2, 0) is 14.3 Å². The molecule has 5 heteroatoms. The molecule has 0 saturated carbocycles. The molecule has 0 rings (SSSR count). The average Bonchev–Trinajstić information content (AvgIpc) is 2.49. The molecule has 21 heavy (non-hydrogen) atoms. The van der Waals surface area contributed by atoms with Crippen molar-refractivity contribution in [3.63, 3.8) is 0 Å². The van der Waals surface area contributed by atoms with Gasteiger partial charge < -0.3 is 19.7 Å². The second-order valence-electron chi connectivity index (χ2n) is 3.92. The number of hydrogen-bond acceptors (Lipinski definition) is 5. The molecule has 0 aliphatic rings. The number of aliphatic hydroxyl groups excluding tert-OH is 2. The van der Waals surface area contributed by atoms with Crippen LogP contribution >= 0.6 is 0 Å². The number of unbranched alkanes of at least 4 members (excludes halogenated alkanes) is 2. The summed E-state index contributed by atoms with van der Waals surface area (Å²) in [7, 11) is 0. The first-order valence-corrected chi connectivity index (χ1v) is 7.94. The topological polar surface area (TPSA) is 76.0 Å². The lowest BCUT2D eigenvalue weighted by Crippen LogP contribution is -1.99. The Morgan fingerprint density at radius 2 is 1.29 bits per heavy atom. The molecule has 5 nitrogen and oxygen atoms in total. The fraction of sp³-hybridized carbons (Fsp3) is 0.938. The van der Waals surface area contributed by atoms with Gasteiger partial charge in [0.2, 0.25) is 0 Å². The number of carbonyl (C=O) groups excluding carboxylic acids is 1. The van der Waals surface area contributed by atoms with Gasteiger partial charge in [-0.25, -0.2) is 0 Å². The Hall–Kier alpha value is -0.650. The Morgan fingerprint density at radius 3 is 1.43 bits per heavy atom. The molecule has 0 atom stereocenters. The highest BCUT2D eigenvalue weighted by Gasteiger charge is 1.88. The summed E-state index contributed by atoms with van der Waals surface area (Å²) < 4.78 is 9.48. The van der Waals surface area contributed by atoms with Crippen LogP contribution in [0, 0.1) is 0 Å². The van der Waals surface area contributed by atoms with Crippen LogP contribution in [0.15, 0.2) is 0 Å². The Bertz CT molecular complexity index is 142. The fourth-order valence-corrected chi connectivity index (χ4v) is 0.564. The van der Waals surface area contributed by atoms with E-state index >= 15 is 0 Å². The van der Waals surface area contributed by atoms with E-state index in [2.05, 4.69) is 25.5 Å². The third-order valence-corrected chi connectivity index (χ3v) is 1.81. The van der Waals surface area contributed by atoms with Gasteiger partial charge >= 0.3 is 5.97 Å². The normalized spacial score (nSPS) is 8.19. The van der Waals surface area contributed by atoms with E-state index in [-0.39, 0.29) is 19.2 Å². The van der Waals surface area contributed by atoms with Crippen molar-refractivity contribution in [1.82, 2.24) is 0 Å². The molecular weight excluding hydrogens is 272 g/mol. The van der Waals surface area contributed by atoms with Crippen molar-refractivity contribution in [2.45, 2.75) is 67.2 Å². The van der Waals surface area contributed by atoms with Crippen molar-refractivity contribution in [3.8, 4) is 0 Å². The summed E-state index contributed by atoms with van der Waals surface area (Å²) in [6.07, 6.45) is 4.69. The highest BCUT2D eigenvalue weighted by Crippen LogP contribution is 1.86. The monoisotopic (exact) mass is 310 g/mol. The highest BCUT2D eigenvalue weighted by molar-refractivity contribution is 5.65. The highest BCUT2D eigenvalue weighted by atomic mass is 16.5. The molecular formula is C16H38O5. The predicted octanol–water partition coefficient (Wildman–Crippen LogP) is 3.17. The van der Waals surface area contributed by atoms with Gasteiger partial charge in [-0.05, 0) is 20.3 Å². The van der Waals surface area contributed by atoms with E-state index < -0.39 is 0 Å². The molecule has 0 aromatic rings. The molecule has 0 aliphatic carbocycles. The van der Waals surface area contributed by atoms with E-state index in [0.29, 0.717) is 6.61 Å². The summed E-state index contributed by atoms with van der Waals surface area (Å²) in [5.41, 5.74) is 0. The molecule has 0 aromatic heterocycles. The minimum absolute atomic E-state index is 0.125. The van der Waals surface area contributed by atoms with Crippen molar-refractivity contribution < 1.29 is 24.5 Å². The number of ether oxygens (including phenoxy) is 2. The molecule has 0 fully saturated rings. The van der Waals surface area contributed by atoms with Gasteiger partial charge in [0.1, 0.15) is 0 Å². The second kappa shape index (κ2) is 36.6. The first kappa shape index (κ1) is 28.5.